The highest BCUT2D eigenvalue weighted by molar-refractivity contribution is 9.10. The number of rotatable bonds is 4. The van der Waals surface area contributed by atoms with Crippen molar-refractivity contribution in [2.75, 3.05) is 20.7 Å². The molecule has 0 radical (unpaired) electrons. The van der Waals surface area contributed by atoms with Gasteiger partial charge in [-0.3, -0.25) is 9.59 Å². The van der Waals surface area contributed by atoms with Gasteiger partial charge in [-0.1, -0.05) is 0 Å². The highest BCUT2D eigenvalue weighted by Crippen LogP contribution is 2.19. The normalized spacial score (nSPS) is 10.0. The van der Waals surface area contributed by atoms with E-state index in [1.54, 1.807) is 7.05 Å². The number of hydrogen-bond acceptors (Lipinski definition) is 3. The van der Waals surface area contributed by atoms with Crippen molar-refractivity contribution in [2.45, 2.75) is 6.42 Å². The molecule has 0 aliphatic carbocycles. The van der Waals surface area contributed by atoms with Crippen LogP contribution in [0.2, 0.25) is 0 Å². The number of methoxy groups -OCH3 is 1. The molecule has 0 saturated carbocycles. The summed E-state index contributed by atoms with van der Waals surface area (Å²) in [6, 6.07) is 3.88. The zero-order valence-electron chi connectivity index (χ0n) is 10.1. The minimum atomic E-state index is -0.483. The number of halogens is 2. The first kappa shape index (κ1) is 14.6. The van der Waals surface area contributed by atoms with E-state index in [0.29, 0.717) is 4.47 Å². The number of carbonyl (C=O) groups is 2. The van der Waals surface area contributed by atoms with Gasteiger partial charge in [-0.15, -0.1) is 0 Å². The van der Waals surface area contributed by atoms with E-state index in [1.807, 2.05) is 0 Å². The maximum atomic E-state index is 13.1. The molecule has 0 aliphatic rings. The second-order valence-corrected chi connectivity index (χ2v) is 4.53. The Hall–Kier alpha value is -1.43. The van der Waals surface area contributed by atoms with E-state index >= 15 is 0 Å². The average Bonchev–Trinajstić information content (AvgIpc) is 2.37. The van der Waals surface area contributed by atoms with Gasteiger partial charge in [-0.25, -0.2) is 4.39 Å². The first-order valence-corrected chi connectivity index (χ1v) is 6.02. The van der Waals surface area contributed by atoms with Crippen LogP contribution < -0.4 is 0 Å². The van der Waals surface area contributed by atoms with Crippen LogP contribution in [0.5, 0.6) is 0 Å². The first-order valence-electron chi connectivity index (χ1n) is 5.23. The summed E-state index contributed by atoms with van der Waals surface area (Å²) in [6.45, 7) is 0.217. The molecule has 0 heterocycles. The van der Waals surface area contributed by atoms with Crippen LogP contribution in [0.15, 0.2) is 22.7 Å². The number of carbonyl (C=O) groups excluding carboxylic acids is 2. The second kappa shape index (κ2) is 6.49. The summed E-state index contributed by atoms with van der Waals surface area (Å²) in [7, 11) is 2.83. The van der Waals surface area contributed by atoms with Crippen molar-refractivity contribution in [3.8, 4) is 0 Å². The third kappa shape index (κ3) is 3.80. The van der Waals surface area contributed by atoms with Crippen molar-refractivity contribution >= 4 is 27.8 Å². The Bertz CT molecular complexity index is 465. The standard InChI is InChI=1S/C12H13BrFNO3/c1-15(6-5-11(16)18-2)12(17)9-7-8(14)3-4-10(9)13/h3-4,7H,5-6H2,1-2H3. The number of esters is 1. The summed E-state index contributed by atoms with van der Waals surface area (Å²) in [4.78, 5) is 24.3. The molecule has 0 aromatic heterocycles. The molecule has 1 aromatic rings. The van der Waals surface area contributed by atoms with Crippen molar-refractivity contribution in [3.05, 3.63) is 34.1 Å². The quantitative estimate of drug-likeness (QED) is 0.800. The van der Waals surface area contributed by atoms with Crippen LogP contribution in [-0.2, 0) is 9.53 Å². The van der Waals surface area contributed by atoms with Crippen LogP contribution in [0.3, 0.4) is 0 Å². The molecular formula is C12H13BrFNO3. The fourth-order valence-corrected chi connectivity index (χ4v) is 1.75. The van der Waals surface area contributed by atoms with Crippen molar-refractivity contribution in [1.82, 2.24) is 4.90 Å². The summed E-state index contributed by atoms with van der Waals surface area (Å²) in [5.41, 5.74) is 0.224. The predicted octanol–water partition coefficient (Wildman–Crippen LogP) is 2.22. The molecule has 18 heavy (non-hydrogen) atoms. The Morgan fingerprint density at radius 2 is 2.11 bits per heavy atom. The maximum absolute atomic E-state index is 13.1. The van der Waals surface area contributed by atoms with E-state index in [-0.39, 0.29) is 24.4 Å². The minimum Gasteiger partial charge on any atom is -0.469 e. The van der Waals surface area contributed by atoms with Crippen LogP contribution >= 0.6 is 15.9 Å². The van der Waals surface area contributed by atoms with Gasteiger partial charge in [0, 0.05) is 18.1 Å². The van der Waals surface area contributed by atoms with Gasteiger partial charge in [-0.2, -0.15) is 0 Å². The van der Waals surface area contributed by atoms with Crippen molar-refractivity contribution in [3.63, 3.8) is 0 Å². The molecule has 1 amide bonds. The molecule has 1 rings (SSSR count). The SMILES string of the molecule is COC(=O)CCN(C)C(=O)c1cc(F)ccc1Br. The lowest BCUT2D eigenvalue weighted by Crippen LogP contribution is -2.29. The topological polar surface area (TPSA) is 46.6 Å². The van der Waals surface area contributed by atoms with Gasteiger partial charge in [0.25, 0.3) is 5.91 Å². The fraction of sp³-hybridized carbons (Fsp3) is 0.333. The summed E-state index contributed by atoms with van der Waals surface area (Å²) in [5.74, 6) is -1.24. The van der Waals surface area contributed by atoms with Crippen LogP contribution in [0, 0.1) is 5.82 Å². The third-order valence-corrected chi connectivity index (χ3v) is 3.08. The van der Waals surface area contributed by atoms with Crippen LogP contribution in [0.25, 0.3) is 0 Å². The molecule has 0 saturated heterocycles. The van der Waals surface area contributed by atoms with Gasteiger partial charge in [0.05, 0.1) is 19.1 Å². The predicted molar refractivity (Wildman–Crippen MR) is 67.7 cm³/mol. The van der Waals surface area contributed by atoms with Gasteiger partial charge in [-0.05, 0) is 34.1 Å². The number of benzene rings is 1. The van der Waals surface area contributed by atoms with Crippen molar-refractivity contribution < 1.29 is 18.7 Å². The lowest BCUT2D eigenvalue weighted by molar-refractivity contribution is -0.140. The summed E-state index contributed by atoms with van der Waals surface area (Å²) < 4.78 is 18.1. The molecule has 0 bridgehead atoms. The minimum absolute atomic E-state index is 0.103. The fourth-order valence-electron chi connectivity index (χ4n) is 1.33. The number of nitrogens with zero attached hydrogens (tertiary/aromatic N) is 1. The summed E-state index contributed by atoms with van der Waals surface area (Å²) >= 11 is 3.19. The Morgan fingerprint density at radius 3 is 2.72 bits per heavy atom. The molecule has 0 unspecified atom stereocenters. The Labute approximate surface area is 113 Å². The van der Waals surface area contributed by atoms with Crippen LogP contribution in [0.1, 0.15) is 16.8 Å². The van der Waals surface area contributed by atoms with Gasteiger partial charge in [0.15, 0.2) is 0 Å². The Kier molecular flexibility index (Phi) is 5.27. The molecule has 0 aliphatic heterocycles. The highest BCUT2D eigenvalue weighted by Gasteiger charge is 2.16. The van der Waals surface area contributed by atoms with Gasteiger partial charge < -0.3 is 9.64 Å². The van der Waals surface area contributed by atoms with Crippen LogP contribution in [-0.4, -0.2) is 37.5 Å². The van der Waals surface area contributed by atoms with E-state index < -0.39 is 11.8 Å². The number of ether oxygens (including phenoxy) is 1. The zero-order valence-corrected chi connectivity index (χ0v) is 11.7. The van der Waals surface area contributed by atoms with E-state index in [0.717, 1.165) is 6.07 Å². The molecule has 0 N–H and O–H groups in total. The van der Waals surface area contributed by atoms with E-state index in [2.05, 4.69) is 20.7 Å². The Balaban J connectivity index is 2.74. The molecule has 6 heteroatoms. The molecule has 4 nitrogen and oxygen atoms in total. The van der Waals surface area contributed by atoms with E-state index in [4.69, 9.17) is 0 Å². The highest BCUT2D eigenvalue weighted by atomic mass is 79.9. The number of amides is 1. The largest absolute Gasteiger partial charge is 0.469 e. The molecule has 0 fully saturated rings. The van der Waals surface area contributed by atoms with Gasteiger partial charge >= 0.3 is 5.97 Å². The average molecular weight is 318 g/mol. The maximum Gasteiger partial charge on any atom is 0.307 e. The number of hydrogen-bond donors (Lipinski definition) is 0. The lowest BCUT2D eigenvalue weighted by atomic mass is 10.2. The van der Waals surface area contributed by atoms with Gasteiger partial charge in [0.1, 0.15) is 5.82 Å². The second-order valence-electron chi connectivity index (χ2n) is 3.68. The molecule has 1 aromatic carbocycles. The van der Waals surface area contributed by atoms with E-state index in [9.17, 15) is 14.0 Å². The molecular weight excluding hydrogens is 305 g/mol. The van der Waals surface area contributed by atoms with Gasteiger partial charge in [0.2, 0.25) is 0 Å². The Morgan fingerprint density at radius 1 is 1.44 bits per heavy atom. The smallest absolute Gasteiger partial charge is 0.307 e. The molecule has 0 spiro atoms. The van der Waals surface area contributed by atoms with Crippen molar-refractivity contribution in [2.24, 2.45) is 0 Å². The van der Waals surface area contributed by atoms with Crippen molar-refractivity contribution in [1.29, 1.82) is 0 Å². The summed E-state index contributed by atoms with van der Waals surface area (Å²) in [6.07, 6.45) is 0.103. The monoisotopic (exact) mass is 317 g/mol. The third-order valence-electron chi connectivity index (χ3n) is 2.38. The van der Waals surface area contributed by atoms with Crippen LogP contribution in [0.4, 0.5) is 4.39 Å². The first-order chi connectivity index (χ1) is 8.45. The summed E-state index contributed by atoms with van der Waals surface area (Å²) in [5, 5.41) is 0. The zero-order chi connectivity index (χ0) is 13.7. The molecule has 98 valence electrons. The van der Waals surface area contributed by atoms with E-state index in [1.165, 1.54) is 24.1 Å². The molecule has 0 atom stereocenters. The lowest BCUT2D eigenvalue weighted by Gasteiger charge is -2.17.